The fourth-order valence-corrected chi connectivity index (χ4v) is 2.23. The number of benzene rings is 1. The number of carbonyl (C=O) groups excluding carboxylic acids is 2. The molecule has 2 aliphatic heterocycles. The highest BCUT2D eigenvalue weighted by Gasteiger charge is 2.54. The van der Waals surface area contributed by atoms with E-state index in [1.54, 1.807) is 0 Å². The van der Waals surface area contributed by atoms with Gasteiger partial charge in [-0.3, -0.25) is 9.59 Å². The van der Waals surface area contributed by atoms with E-state index < -0.39 is 17.4 Å². The van der Waals surface area contributed by atoms with Crippen molar-refractivity contribution in [2.45, 2.75) is 18.4 Å². The minimum Gasteiger partial charge on any atom is -0.444 e. The van der Waals surface area contributed by atoms with Crippen LogP contribution in [0.15, 0.2) is 18.2 Å². The van der Waals surface area contributed by atoms with Crippen LogP contribution >= 0.6 is 0 Å². The summed E-state index contributed by atoms with van der Waals surface area (Å²) >= 11 is 0. The van der Waals surface area contributed by atoms with E-state index in [0.29, 0.717) is 11.3 Å². The van der Waals surface area contributed by atoms with Crippen molar-refractivity contribution in [2.75, 3.05) is 5.32 Å². The second-order valence-corrected chi connectivity index (χ2v) is 3.95. The van der Waals surface area contributed by atoms with Crippen molar-refractivity contribution < 1.29 is 18.7 Å². The number of hydrogen-bond acceptors (Lipinski definition) is 3. The predicted molar refractivity (Wildman–Crippen MR) is 52.0 cm³/mol. The zero-order valence-electron chi connectivity index (χ0n) is 8.25. The van der Waals surface area contributed by atoms with E-state index in [1.165, 1.54) is 18.2 Å². The number of halogens is 1. The molecule has 0 radical (unpaired) electrons. The number of fused-ring (bicyclic) bond motifs is 2. The fraction of sp³-hybridized carbons (Fsp3) is 0.273. The molecule has 1 atom stereocenters. The van der Waals surface area contributed by atoms with E-state index in [-0.39, 0.29) is 18.7 Å². The van der Waals surface area contributed by atoms with Crippen LogP contribution in [0.5, 0.6) is 0 Å². The Morgan fingerprint density at radius 3 is 2.88 bits per heavy atom. The molecule has 0 aromatic heterocycles. The molecule has 1 fully saturated rings. The molecule has 0 saturated carbocycles. The first-order valence-corrected chi connectivity index (χ1v) is 4.95. The summed E-state index contributed by atoms with van der Waals surface area (Å²) in [5.74, 6) is -1.26. The highest BCUT2D eigenvalue weighted by Crippen LogP contribution is 2.45. The van der Waals surface area contributed by atoms with E-state index in [4.69, 9.17) is 4.74 Å². The number of carbonyl (C=O) groups is 2. The topological polar surface area (TPSA) is 55.4 Å². The lowest BCUT2D eigenvalue weighted by Crippen LogP contribution is -2.33. The van der Waals surface area contributed by atoms with Gasteiger partial charge in [0.2, 0.25) is 5.60 Å². The van der Waals surface area contributed by atoms with Crippen LogP contribution < -0.4 is 5.32 Å². The second kappa shape index (κ2) is 2.81. The summed E-state index contributed by atoms with van der Waals surface area (Å²) in [7, 11) is 0. The summed E-state index contributed by atoms with van der Waals surface area (Å²) in [6.45, 7) is 0. The average Bonchev–Trinajstić information content (AvgIpc) is 2.74. The van der Waals surface area contributed by atoms with Crippen LogP contribution in [0.4, 0.5) is 10.1 Å². The smallest absolute Gasteiger partial charge is 0.307 e. The molecular weight excluding hydrogens is 213 g/mol. The predicted octanol–water partition coefficient (Wildman–Crippen LogP) is 1.31. The quantitative estimate of drug-likeness (QED) is 0.672. The van der Waals surface area contributed by atoms with E-state index in [9.17, 15) is 14.0 Å². The van der Waals surface area contributed by atoms with Crippen LogP contribution in [0.2, 0.25) is 0 Å². The minimum absolute atomic E-state index is 0.184. The Hall–Kier alpha value is -1.91. The molecule has 1 spiro atoms. The van der Waals surface area contributed by atoms with Gasteiger partial charge in [-0.05, 0) is 18.2 Å². The molecule has 0 bridgehead atoms. The van der Waals surface area contributed by atoms with Gasteiger partial charge in [0.05, 0.1) is 6.42 Å². The number of amides is 1. The molecular formula is C11H8FNO3. The zero-order chi connectivity index (χ0) is 11.3. The first-order valence-electron chi connectivity index (χ1n) is 4.95. The van der Waals surface area contributed by atoms with E-state index in [1.807, 2.05) is 0 Å². The van der Waals surface area contributed by atoms with Crippen molar-refractivity contribution in [1.82, 2.24) is 0 Å². The highest BCUT2D eigenvalue weighted by molar-refractivity contribution is 6.07. The second-order valence-electron chi connectivity index (χ2n) is 3.95. The van der Waals surface area contributed by atoms with Gasteiger partial charge >= 0.3 is 5.97 Å². The van der Waals surface area contributed by atoms with Crippen molar-refractivity contribution >= 4 is 17.6 Å². The van der Waals surface area contributed by atoms with E-state index in [2.05, 4.69) is 5.32 Å². The maximum absolute atomic E-state index is 13.1. The molecule has 4 nitrogen and oxygen atoms in total. The molecule has 82 valence electrons. The lowest BCUT2D eigenvalue weighted by molar-refractivity contribution is -0.156. The molecule has 1 N–H and O–H groups in total. The number of anilines is 1. The minimum atomic E-state index is -1.30. The van der Waals surface area contributed by atoms with Gasteiger partial charge in [0.1, 0.15) is 5.82 Å². The molecule has 1 unspecified atom stereocenters. The molecule has 2 heterocycles. The lowest BCUT2D eigenvalue weighted by atomic mass is 9.92. The van der Waals surface area contributed by atoms with Gasteiger partial charge in [-0.25, -0.2) is 4.39 Å². The third kappa shape index (κ3) is 1.02. The number of nitrogens with one attached hydrogen (secondary N) is 1. The van der Waals surface area contributed by atoms with Crippen LogP contribution in [-0.4, -0.2) is 11.9 Å². The number of ether oxygens (including phenoxy) is 1. The van der Waals surface area contributed by atoms with Gasteiger partial charge in [-0.15, -0.1) is 0 Å². The largest absolute Gasteiger partial charge is 0.444 e. The monoisotopic (exact) mass is 221 g/mol. The van der Waals surface area contributed by atoms with Gasteiger partial charge in [-0.1, -0.05) is 0 Å². The molecule has 3 rings (SSSR count). The molecule has 5 heteroatoms. The molecule has 16 heavy (non-hydrogen) atoms. The van der Waals surface area contributed by atoms with Gasteiger partial charge in [0, 0.05) is 17.7 Å². The maximum Gasteiger partial charge on any atom is 0.307 e. The highest BCUT2D eigenvalue weighted by atomic mass is 19.1. The first kappa shape index (κ1) is 9.33. The number of hydrogen-bond donors (Lipinski definition) is 1. The molecule has 1 aromatic rings. The van der Waals surface area contributed by atoms with Gasteiger partial charge in [0.25, 0.3) is 5.91 Å². The maximum atomic E-state index is 13.1. The van der Waals surface area contributed by atoms with E-state index >= 15 is 0 Å². The molecule has 2 aliphatic rings. The lowest BCUT2D eigenvalue weighted by Gasteiger charge is -2.19. The van der Waals surface area contributed by atoms with Crippen LogP contribution in [0.25, 0.3) is 0 Å². The summed E-state index contributed by atoms with van der Waals surface area (Å²) < 4.78 is 18.2. The van der Waals surface area contributed by atoms with Crippen LogP contribution in [0, 0.1) is 5.82 Å². The normalized spacial score (nSPS) is 26.8. The Bertz CT molecular complexity index is 514. The molecule has 1 aromatic carbocycles. The van der Waals surface area contributed by atoms with Crippen LogP contribution in [0.3, 0.4) is 0 Å². The fourth-order valence-electron chi connectivity index (χ4n) is 2.23. The van der Waals surface area contributed by atoms with Crippen LogP contribution in [-0.2, 0) is 19.9 Å². The Morgan fingerprint density at radius 1 is 1.38 bits per heavy atom. The standard InChI is InChI=1S/C11H8FNO3/c12-6-1-2-8-7(5-6)11(10(15)13-8)4-3-9(14)16-11/h1-2,5H,3-4H2,(H,13,15). The molecule has 0 aliphatic carbocycles. The van der Waals surface area contributed by atoms with Crippen molar-refractivity contribution in [3.63, 3.8) is 0 Å². The molecule has 1 saturated heterocycles. The SMILES string of the molecule is O=C1CCC2(O1)C(=O)Nc1ccc(F)cc12. The van der Waals surface area contributed by atoms with Gasteiger partial charge < -0.3 is 10.1 Å². The van der Waals surface area contributed by atoms with Crippen LogP contribution in [0.1, 0.15) is 18.4 Å². The first-order chi connectivity index (χ1) is 7.62. The third-order valence-corrected chi connectivity index (χ3v) is 3.00. The number of rotatable bonds is 0. The van der Waals surface area contributed by atoms with Crippen molar-refractivity contribution in [2.24, 2.45) is 0 Å². The average molecular weight is 221 g/mol. The summed E-state index contributed by atoms with van der Waals surface area (Å²) in [6, 6.07) is 3.98. The Kier molecular flexibility index (Phi) is 1.64. The third-order valence-electron chi connectivity index (χ3n) is 3.00. The van der Waals surface area contributed by atoms with E-state index in [0.717, 1.165) is 0 Å². The zero-order valence-corrected chi connectivity index (χ0v) is 8.25. The Labute approximate surface area is 90.4 Å². The molecule has 1 amide bonds. The van der Waals surface area contributed by atoms with Crippen molar-refractivity contribution in [3.05, 3.63) is 29.6 Å². The Balaban J connectivity index is 2.18. The summed E-state index contributed by atoms with van der Waals surface area (Å²) in [4.78, 5) is 22.9. The summed E-state index contributed by atoms with van der Waals surface area (Å²) in [6.07, 6.45) is 0.456. The van der Waals surface area contributed by atoms with Crippen molar-refractivity contribution in [3.8, 4) is 0 Å². The van der Waals surface area contributed by atoms with Gasteiger partial charge in [-0.2, -0.15) is 0 Å². The summed E-state index contributed by atoms with van der Waals surface area (Å²) in [5, 5.41) is 2.60. The number of esters is 1. The Morgan fingerprint density at radius 2 is 2.19 bits per heavy atom. The van der Waals surface area contributed by atoms with Gasteiger partial charge in [0.15, 0.2) is 0 Å². The summed E-state index contributed by atoms with van der Waals surface area (Å²) in [5.41, 5.74) is -0.362. The van der Waals surface area contributed by atoms with Crippen molar-refractivity contribution in [1.29, 1.82) is 0 Å².